The van der Waals surface area contributed by atoms with Crippen molar-refractivity contribution in [3.63, 3.8) is 0 Å². The van der Waals surface area contributed by atoms with Crippen LogP contribution in [0, 0.1) is 6.92 Å². The van der Waals surface area contributed by atoms with Gasteiger partial charge in [0.05, 0.1) is 11.5 Å². The molecule has 1 atom stereocenters. The fourth-order valence-electron chi connectivity index (χ4n) is 2.55. The fraction of sp³-hybridized carbons (Fsp3) is 0.429. The predicted octanol–water partition coefficient (Wildman–Crippen LogP) is 2.56. The highest BCUT2D eigenvalue weighted by molar-refractivity contribution is 9.10. The van der Waals surface area contributed by atoms with E-state index in [4.69, 9.17) is 4.52 Å². The van der Waals surface area contributed by atoms with Gasteiger partial charge in [0.15, 0.2) is 5.82 Å². The lowest BCUT2D eigenvalue weighted by molar-refractivity contribution is 0.0695. The lowest BCUT2D eigenvalue weighted by Crippen LogP contribution is -2.39. The van der Waals surface area contributed by atoms with Crippen molar-refractivity contribution in [1.29, 1.82) is 0 Å². The molecule has 0 aromatic carbocycles. The molecule has 0 bridgehead atoms. The molecule has 1 saturated heterocycles. The largest absolute Gasteiger partial charge is 0.339 e. The Hall–Kier alpha value is -1.76. The zero-order valence-electron chi connectivity index (χ0n) is 11.6. The van der Waals surface area contributed by atoms with E-state index in [2.05, 4.69) is 31.1 Å². The molecule has 21 heavy (non-hydrogen) atoms. The minimum atomic E-state index is -0.00950. The van der Waals surface area contributed by atoms with Gasteiger partial charge in [-0.3, -0.25) is 9.78 Å². The summed E-state index contributed by atoms with van der Waals surface area (Å²) >= 11 is 3.34. The van der Waals surface area contributed by atoms with Crippen LogP contribution in [0.15, 0.2) is 27.5 Å². The molecule has 0 radical (unpaired) electrons. The number of halogens is 1. The highest BCUT2D eigenvalue weighted by Gasteiger charge is 2.28. The molecule has 0 spiro atoms. The maximum Gasteiger partial charge on any atom is 0.255 e. The van der Waals surface area contributed by atoms with Crippen LogP contribution in [0.4, 0.5) is 0 Å². The van der Waals surface area contributed by atoms with Gasteiger partial charge in [-0.25, -0.2) is 0 Å². The summed E-state index contributed by atoms with van der Waals surface area (Å²) in [4.78, 5) is 22.7. The number of amides is 1. The molecule has 1 aliphatic heterocycles. The number of hydrogen-bond acceptors (Lipinski definition) is 5. The van der Waals surface area contributed by atoms with Gasteiger partial charge in [-0.05, 0) is 41.8 Å². The lowest BCUT2D eigenvalue weighted by Gasteiger charge is -2.31. The summed E-state index contributed by atoms with van der Waals surface area (Å²) in [5, 5.41) is 3.83. The maximum atomic E-state index is 12.5. The lowest BCUT2D eigenvalue weighted by atomic mass is 9.97. The van der Waals surface area contributed by atoms with E-state index in [1.165, 1.54) is 0 Å². The van der Waals surface area contributed by atoms with Crippen LogP contribution in [0.1, 0.15) is 40.8 Å². The molecule has 3 heterocycles. The number of rotatable bonds is 2. The van der Waals surface area contributed by atoms with E-state index < -0.39 is 0 Å². The average molecular weight is 351 g/mol. The molecule has 2 aromatic rings. The van der Waals surface area contributed by atoms with Crippen LogP contribution in [0.5, 0.6) is 0 Å². The SMILES string of the molecule is Cc1noc([C@H]2CCCN(C(=O)c3cncc(Br)c3)C2)n1. The van der Waals surface area contributed by atoms with Crippen molar-refractivity contribution < 1.29 is 9.32 Å². The molecule has 0 saturated carbocycles. The second kappa shape index (κ2) is 5.93. The monoisotopic (exact) mass is 350 g/mol. The first kappa shape index (κ1) is 14.2. The number of carbonyl (C=O) groups is 1. The molecule has 1 aliphatic rings. The van der Waals surface area contributed by atoms with Crippen LogP contribution in [-0.4, -0.2) is 39.0 Å². The molecule has 110 valence electrons. The standard InChI is InChI=1S/C14H15BrN4O2/c1-9-17-13(21-18-9)10-3-2-4-19(8-10)14(20)11-5-12(15)7-16-6-11/h5-7,10H,2-4,8H2,1H3/t10-/m0/s1. The van der Waals surface area contributed by atoms with Gasteiger partial charge in [0.2, 0.25) is 5.89 Å². The van der Waals surface area contributed by atoms with Gasteiger partial charge in [-0.15, -0.1) is 0 Å². The van der Waals surface area contributed by atoms with Gasteiger partial charge in [-0.2, -0.15) is 4.98 Å². The quantitative estimate of drug-likeness (QED) is 0.832. The van der Waals surface area contributed by atoms with Crippen molar-refractivity contribution in [1.82, 2.24) is 20.0 Å². The van der Waals surface area contributed by atoms with Crippen LogP contribution in [0.25, 0.3) is 0 Å². The number of nitrogens with zero attached hydrogens (tertiary/aromatic N) is 4. The van der Waals surface area contributed by atoms with Crippen molar-refractivity contribution >= 4 is 21.8 Å². The van der Waals surface area contributed by atoms with Gasteiger partial charge in [0, 0.05) is 30.0 Å². The molecule has 6 nitrogen and oxygen atoms in total. The number of hydrogen-bond donors (Lipinski definition) is 0. The first-order valence-corrected chi connectivity index (χ1v) is 7.63. The van der Waals surface area contributed by atoms with Crippen molar-refractivity contribution in [3.8, 4) is 0 Å². The second-order valence-corrected chi connectivity index (χ2v) is 6.08. The summed E-state index contributed by atoms with van der Waals surface area (Å²) in [6.07, 6.45) is 5.14. The zero-order valence-corrected chi connectivity index (χ0v) is 13.2. The van der Waals surface area contributed by atoms with E-state index in [1.54, 1.807) is 25.4 Å². The van der Waals surface area contributed by atoms with Crippen molar-refractivity contribution in [2.45, 2.75) is 25.7 Å². The van der Waals surface area contributed by atoms with Gasteiger partial charge < -0.3 is 9.42 Å². The Labute approximate surface area is 130 Å². The van der Waals surface area contributed by atoms with Crippen LogP contribution in [0.2, 0.25) is 0 Å². The summed E-state index contributed by atoms with van der Waals surface area (Å²) in [6, 6.07) is 1.79. The Balaban J connectivity index is 1.75. The van der Waals surface area contributed by atoms with E-state index in [9.17, 15) is 4.79 Å². The molecule has 1 fully saturated rings. The summed E-state index contributed by atoms with van der Waals surface area (Å²) in [7, 11) is 0. The summed E-state index contributed by atoms with van der Waals surface area (Å²) in [6.45, 7) is 3.15. The number of piperidine rings is 1. The third-order valence-electron chi connectivity index (χ3n) is 3.55. The van der Waals surface area contributed by atoms with E-state index in [1.807, 2.05) is 4.90 Å². The van der Waals surface area contributed by atoms with E-state index in [0.717, 1.165) is 23.9 Å². The molecule has 0 unspecified atom stereocenters. The van der Waals surface area contributed by atoms with Gasteiger partial charge in [0.1, 0.15) is 0 Å². The van der Waals surface area contributed by atoms with Gasteiger partial charge in [0.25, 0.3) is 5.91 Å². The van der Waals surface area contributed by atoms with E-state index in [0.29, 0.717) is 23.8 Å². The first-order chi connectivity index (χ1) is 10.1. The minimum Gasteiger partial charge on any atom is -0.339 e. The van der Waals surface area contributed by atoms with E-state index >= 15 is 0 Å². The fourth-order valence-corrected chi connectivity index (χ4v) is 2.92. The normalized spacial score (nSPS) is 18.8. The Morgan fingerprint density at radius 3 is 3.05 bits per heavy atom. The number of aryl methyl sites for hydroxylation is 1. The van der Waals surface area contributed by atoms with Crippen LogP contribution in [-0.2, 0) is 0 Å². The van der Waals surface area contributed by atoms with Crippen LogP contribution in [0.3, 0.4) is 0 Å². The van der Waals surface area contributed by atoms with Gasteiger partial charge in [-0.1, -0.05) is 5.16 Å². The first-order valence-electron chi connectivity index (χ1n) is 6.83. The minimum absolute atomic E-state index is 0.00950. The number of likely N-dealkylation sites (tertiary alicyclic amines) is 1. The molecule has 0 aliphatic carbocycles. The number of aromatic nitrogens is 3. The van der Waals surface area contributed by atoms with Crippen molar-refractivity contribution in [2.24, 2.45) is 0 Å². The number of carbonyl (C=O) groups excluding carboxylic acids is 1. The molecule has 0 N–H and O–H groups in total. The highest BCUT2D eigenvalue weighted by atomic mass is 79.9. The third-order valence-corrected chi connectivity index (χ3v) is 3.99. The van der Waals surface area contributed by atoms with Crippen molar-refractivity contribution in [2.75, 3.05) is 13.1 Å². The van der Waals surface area contributed by atoms with Crippen LogP contribution < -0.4 is 0 Å². The Morgan fingerprint density at radius 1 is 1.48 bits per heavy atom. The average Bonchev–Trinajstić information content (AvgIpc) is 2.93. The Bertz CT molecular complexity index is 658. The Kier molecular flexibility index (Phi) is 4.01. The molecular weight excluding hydrogens is 336 g/mol. The van der Waals surface area contributed by atoms with E-state index in [-0.39, 0.29) is 11.8 Å². The molecular formula is C14H15BrN4O2. The summed E-state index contributed by atoms with van der Waals surface area (Å²) in [5.41, 5.74) is 0.590. The van der Waals surface area contributed by atoms with Gasteiger partial charge >= 0.3 is 0 Å². The summed E-state index contributed by atoms with van der Waals surface area (Å²) in [5.74, 6) is 1.36. The third kappa shape index (κ3) is 3.12. The summed E-state index contributed by atoms with van der Waals surface area (Å²) < 4.78 is 6.04. The second-order valence-electron chi connectivity index (χ2n) is 5.16. The molecule has 3 rings (SSSR count). The van der Waals surface area contributed by atoms with Crippen LogP contribution >= 0.6 is 15.9 Å². The molecule has 2 aromatic heterocycles. The predicted molar refractivity (Wildman–Crippen MR) is 78.9 cm³/mol. The maximum absolute atomic E-state index is 12.5. The number of pyridine rings is 1. The molecule has 1 amide bonds. The molecule has 7 heteroatoms. The highest BCUT2D eigenvalue weighted by Crippen LogP contribution is 2.26. The van der Waals surface area contributed by atoms with Crippen molar-refractivity contribution in [3.05, 3.63) is 40.2 Å². The zero-order chi connectivity index (χ0) is 14.8. The Morgan fingerprint density at radius 2 is 2.33 bits per heavy atom. The topological polar surface area (TPSA) is 72.1 Å². The smallest absolute Gasteiger partial charge is 0.255 e.